The zero-order valence-electron chi connectivity index (χ0n) is 50.8. The molecule has 4 saturated heterocycles. The number of alkyl halides is 2. The van der Waals surface area contributed by atoms with Crippen LogP contribution in [0.15, 0.2) is 110 Å². The number of aromatic nitrogens is 15. The van der Waals surface area contributed by atoms with E-state index in [-0.39, 0.29) is 53.3 Å². The molecule has 14 rings (SSSR count). The molecule has 464 valence electrons. The molecule has 0 radical (unpaired) electrons. The molecule has 1 saturated carbocycles. The fraction of sp³-hybridized carbons (Fsp3) is 0.429. The van der Waals surface area contributed by atoms with Gasteiger partial charge in [-0.2, -0.15) is 15.3 Å². The molecule has 7 N–H and O–H groups in total. The van der Waals surface area contributed by atoms with Crippen LogP contribution in [0, 0.1) is 5.92 Å². The van der Waals surface area contributed by atoms with E-state index >= 15 is 0 Å². The molecule has 10 heterocycles. The summed E-state index contributed by atoms with van der Waals surface area (Å²) >= 11 is 0. The maximum Gasteiger partial charge on any atom is 0.249 e. The largest absolute Gasteiger partial charge is 0.507 e. The Kier molecular flexibility index (Phi) is 17.0. The third kappa shape index (κ3) is 13.9. The van der Waals surface area contributed by atoms with Crippen molar-refractivity contribution in [3.8, 4) is 84.4 Å². The number of H-pyrrole nitrogens is 2. The smallest absolute Gasteiger partial charge is 0.249 e. The highest BCUT2D eigenvalue weighted by Crippen LogP contribution is 2.44. The molecule has 2 bridgehead atoms. The Labute approximate surface area is 514 Å². The third-order valence-corrected chi connectivity index (χ3v) is 17.8. The first-order valence-electron chi connectivity index (χ1n) is 30.2. The summed E-state index contributed by atoms with van der Waals surface area (Å²) in [5.74, 6) is 0.229. The van der Waals surface area contributed by atoms with Gasteiger partial charge in [-0.25, -0.2) is 23.7 Å². The maximum absolute atomic E-state index is 13.4. The zero-order valence-corrected chi connectivity index (χ0v) is 50.8. The number of aromatic amines is 2. The molecule has 0 spiro atoms. The lowest BCUT2D eigenvalue weighted by molar-refractivity contribution is 0.00665. The normalized spacial score (nSPS) is 22.7. The molecule has 6 atom stereocenters. The van der Waals surface area contributed by atoms with Gasteiger partial charge in [-0.05, 0) is 132 Å². The van der Waals surface area contributed by atoms with Crippen LogP contribution in [0.25, 0.3) is 67.2 Å². The summed E-state index contributed by atoms with van der Waals surface area (Å²) in [7, 11) is 8.12. The molecule has 4 aliphatic heterocycles. The van der Waals surface area contributed by atoms with Crippen molar-refractivity contribution in [2.75, 3.05) is 68.6 Å². The van der Waals surface area contributed by atoms with E-state index in [0.717, 1.165) is 85.2 Å². The predicted molar refractivity (Wildman–Crippen MR) is 334 cm³/mol. The Hall–Kier alpha value is -9.14. The molecule has 6 aromatic heterocycles. The van der Waals surface area contributed by atoms with E-state index in [0.29, 0.717) is 76.5 Å². The number of rotatable bonds is 14. The molecule has 0 amide bonds. The van der Waals surface area contributed by atoms with Crippen molar-refractivity contribution >= 4 is 17.8 Å². The minimum atomic E-state index is -2.54. The fourth-order valence-corrected chi connectivity index (χ4v) is 13.2. The topological polar surface area (TPSA) is 289 Å². The number of anilines is 3. The van der Waals surface area contributed by atoms with Crippen LogP contribution in [0.5, 0.6) is 17.2 Å². The molecular weight excluding hydrogens is 1140 g/mol. The van der Waals surface area contributed by atoms with Crippen LogP contribution in [0.1, 0.15) is 71.6 Å². The Balaban J connectivity index is 0.000000130. The summed E-state index contributed by atoms with van der Waals surface area (Å²) in [6, 6.07) is 16.6. The quantitative estimate of drug-likeness (QED) is 0.0540. The molecule has 9 aromatic rings. The number of halogens is 2. The number of aromatic hydroxyl groups is 3. The Morgan fingerprint density at radius 1 is 0.584 bits per heavy atom. The van der Waals surface area contributed by atoms with Crippen LogP contribution in [0.2, 0.25) is 0 Å². The first-order valence-corrected chi connectivity index (χ1v) is 30.2. The Morgan fingerprint density at radius 3 is 1.56 bits per heavy atom. The lowest BCUT2D eigenvalue weighted by atomic mass is 9.84. The predicted octanol–water partition coefficient (Wildman–Crippen LogP) is 8.16. The summed E-state index contributed by atoms with van der Waals surface area (Å²) < 4.78 is 28.6. The van der Waals surface area contributed by atoms with Crippen molar-refractivity contribution in [2.45, 2.75) is 107 Å². The second-order valence-corrected chi connectivity index (χ2v) is 25.2. The monoisotopic (exact) mass is 1210 g/mol. The van der Waals surface area contributed by atoms with Gasteiger partial charge in [0.1, 0.15) is 34.3 Å². The molecule has 1 aliphatic carbocycles. The van der Waals surface area contributed by atoms with Crippen LogP contribution < -0.4 is 25.3 Å². The van der Waals surface area contributed by atoms with Crippen molar-refractivity contribution in [2.24, 2.45) is 13.0 Å². The number of nitrogens with zero attached hydrogens (tertiary/aromatic N) is 17. The number of nitrogens with one attached hydrogen (secondary N) is 4. The van der Waals surface area contributed by atoms with E-state index in [4.69, 9.17) is 0 Å². The molecule has 5 aliphatic rings. The van der Waals surface area contributed by atoms with Gasteiger partial charge in [0.2, 0.25) is 23.8 Å². The maximum atomic E-state index is 13.4. The molecule has 89 heavy (non-hydrogen) atoms. The van der Waals surface area contributed by atoms with Crippen molar-refractivity contribution in [1.29, 1.82) is 0 Å². The summed E-state index contributed by atoms with van der Waals surface area (Å²) in [4.78, 5) is 22.0. The van der Waals surface area contributed by atoms with E-state index < -0.39 is 5.92 Å². The van der Waals surface area contributed by atoms with E-state index in [1.165, 1.54) is 12.8 Å². The SMILES string of the molecule is CN(C)CC1CCN(c2ncc(-c3ccc(-c4cn[nH]c4)cc3O)nn2)C1.CN(c1ncc(-c2ccc(-c3cnn(C)c3)cc2O)nn1)C1C[C@]2(C)CC[C@](C)(C1)N2.Oc1cc(-c2cn[nH]c2)ccc1-c1cnc(N2CCC(NC3CCC(F)(F)C3)C2)nn1. The van der Waals surface area contributed by atoms with Crippen LogP contribution in [0.4, 0.5) is 26.6 Å². The number of hydrogen-bond donors (Lipinski definition) is 7. The minimum Gasteiger partial charge on any atom is -0.507 e. The average molecular weight is 1210 g/mol. The molecule has 24 nitrogen and oxygen atoms in total. The van der Waals surface area contributed by atoms with Gasteiger partial charge in [-0.1, -0.05) is 18.2 Å². The van der Waals surface area contributed by atoms with Gasteiger partial charge < -0.3 is 45.6 Å². The second-order valence-electron chi connectivity index (χ2n) is 25.2. The number of piperidine rings is 1. The van der Waals surface area contributed by atoms with Gasteiger partial charge in [-0.15, -0.1) is 30.6 Å². The number of phenols is 3. The Morgan fingerprint density at radius 2 is 1.11 bits per heavy atom. The first-order chi connectivity index (χ1) is 42.8. The van der Waals surface area contributed by atoms with Crippen molar-refractivity contribution in [3.05, 3.63) is 110 Å². The van der Waals surface area contributed by atoms with Crippen LogP contribution in [-0.2, 0) is 7.05 Å². The first kappa shape index (κ1) is 60.2. The highest BCUT2D eigenvalue weighted by Gasteiger charge is 2.50. The standard InChI is InChI=1S/C23H29N7O.C21H23F2N7O.C19H23N7O/c1-22-7-8-23(2,28-22)11-17(10-22)30(4)21-24-13-19(26-27-21)18-6-5-15(9-20(18)31)16-12-25-29(3)14-16;22-21(23)5-3-15(8-21)27-16-4-6-30(12-16)20-24-11-18(28-29-20)17-2-1-13(7-19(17)31)14-9-25-26-10-14;1-25(2)11-13-5-6-26(12-13)19-20-10-17(23-24-19)16-4-3-14(7-18(16)27)15-8-21-22-9-15/h5-6,9,12-14,17,28,31H,7-8,10-11H2,1-4H3;1-2,7,9-11,15-16,27,31H,3-6,8,12H2,(H,25,26);3-4,7-10,13,27H,5-6,11-12H2,1-2H3,(H,21,22)/t17?,22-,23+;;. The lowest BCUT2D eigenvalue weighted by Gasteiger charge is -2.45. The highest BCUT2D eigenvalue weighted by atomic mass is 19.3. The van der Waals surface area contributed by atoms with E-state index in [1.54, 1.807) is 78.5 Å². The van der Waals surface area contributed by atoms with Gasteiger partial charge in [0.05, 0.1) is 37.2 Å². The van der Waals surface area contributed by atoms with Crippen molar-refractivity contribution < 1.29 is 24.1 Å². The number of aryl methyl sites for hydroxylation is 1. The zero-order chi connectivity index (χ0) is 62.0. The third-order valence-electron chi connectivity index (χ3n) is 17.8. The van der Waals surface area contributed by atoms with Crippen molar-refractivity contribution in [3.63, 3.8) is 0 Å². The summed E-state index contributed by atoms with van der Waals surface area (Å²) in [6.45, 7) is 9.00. The number of phenolic OH excluding ortho intramolecular Hbond substituents is 3. The number of fused-ring (bicyclic) bond motifs is 2. The van der Waals surface area contributed by atoms with E-state index in [9.17, 15) is 24.1 Å². The van der Waals surface area contributed by atoms with Gasteiger partial charge >= 0.3 is 0 Å². The highest BCUT2D eigenvalue weighted by molar-refractivity contribution is 5.76. The van der Waals surface area contributed by atoms with E-state index in [1.807, 2.05) is 48.5 Å². The van der Waals surface area contributed by atoms with Gasteiger partial charge in [0.25, 0.3) is 0 Å². The number of hydrogen-bond acceptors (Lipinski definition) is 21. The molecular formula is C63H75F2N21O3. The molecule has 4 unspecified atom stereocenters. The fourth-order valence-electron chi connectivity index (χ4n) is 13.2. The Bertz CT molecular complexity index is 3820. The summed E-state index contributed by atoms with van der Waals surface area (Å²) in [6.07, 6.45) is 22.5. The van der Waals surface area contributed by atoms with Gasteiger partial charge in [-0.3, -0.25) is 14.9 Å². The molecule has 26 heteroatoms. The minimum absolute atomic E-state index is 0.0362. The lowest BCUT2D eigenvalue weighted by Crippen LogP contribution is -2.58. The van der Waals surface area contributed by atoms with Gasteiger partial charge in [0.15, 0.2) is 0 Å². The van der Waals surface area contributed by atoms with Gasteiger partial charge in [0, 0.05) is 141 Å². The summed E-state index contributed by atoms with van der Waals surface area (Å²) in [5, 5.41) is 82.0. The van der Waals surface area contributed by atoms with Crippen molar-refractivity contribution in [1.82, 2.24) is 91.3 Å². The second kappa shape index (κ2) is 25.2. The van der Waals surface area contributed by atoms with Crippen LogP contribution in [-0.4, -0.2) is 185 Å². The van der Waals surface area contributed by atoms with Crippen LogP contribution >= 0.6 is 0 Å². The number of benzene rings is 3. The molecule has 3 aromatic carbocycles. The van der Waals surface area contributed by atoms with Crippen LogP contribution in [0.3, 0.4) is 0 Å². The average Bonchev–Trinajstić information content (AvgIpc) is 2.30. The van der Waals surface area contributed by atoms with E-state index in [2.05, 4.69) is 131 Å². The molecule has 5 fully saturated rings. The summed E-state index contributed by atoms with van der Waals surface area (Å²) in [5.41, 5.74) is 9.06.